The summed E-state index contributed by atoms with van der Waals surface area (Å²) in [5.41, 5.74) is 0.596. The number of hydroxylamine groups is 2. The first-order valence-electron chi connectivity index (χ1n) is 5.90. The van der Waals surface area contributed by atoms with E-state index in [1.54, 1.807) is 18.2 Å². The van der Waals surface area contributed by atoms with Gasteiger partial charge in [0.2, 0.25) is 5.91 Å². The van der Waals surface area contributed by atoms with E-state index in [0.29, 0.717) is 20.7 Å². The van der Waals surface area contributed by atoms with Crippen molar-refractivity contribution in [1.29, 1.82) is 0 Å². The van der Waals surface area contributed by atoms with Crippen LogP contribution < -0.4 is 5.32 Å². The summed E-state index contributed by atoms with van der Waals surface area (Å²) in [7, 11) is 0. The number of benzene rings is 1. The minimum absolute atomic E-state index is 0.0554. The van der Waals surface area contributed by atoms with Gasteiger partial charge in [-0.1, -0.05) is 29.3 Å². The van der Waals surface area contributed by atoms with Crippen molar-refractivity contribution in [3.63, 3.8) is 0 Å². The zero-order chi connectivity index (χ0) is 15.8. The minimum Gasteiger partial charge on any atom is -0.353 e. The Balaban J connectivity index is 2.51. The summed E-state index contributed by atoms with van der Waals surface area (Å²) in [5.74, 6) is -1.18. The number of hydrogen-bond acceptors (Lipinski definition) is 3. The maximum absolute atomic E-state index is 11.6. The Morgan fingerprint density at radius 3 is 2.67 bits per heavy atom. The molecule has 0 aliphatic carbocycles. The molecular weight excluding hydrogens is 339 g/mol. The minimum atomic E-state index is -0.638. The van der Waals surface area contributed by atoms with Gasteiger partial charge in [0.15, 0.2) is 0 Å². The van der Waals surface area contributed by atoms with Crippen molar-refractivity contribution in [2.75, 3.05) is 19.0 Å². The van der Waals surface area contributed by atoms with Gasteiger partial charge < -0.3 is 5.32 Å². The highest BCUT2D eigenvalue weighted by molar-refractivity contribution is 6.35. The molecule has 1 aromatic rings. The van der Waals surface area contributed by atoms with Gasteiger partial charge in [-0.05, 0) is 23.8 Å². The van der Waals surface area contributed by atoms with Gasteiger partial charge in [0.25, 0.3) is 5.91 Å². The van der Waals surface area contributed by atoms with Gasteiger partial charge in [0, 0.05) is 22.7 Å². The normalized spacial score (nSPS) is 10.7. The SMILES string of the molecule is O=C(CCl)NCCN(O)C(=O)/C=C/c1ccc(Cl)cc1Cl. The number of amides is 2. The molecule has 0 aliphatic rings. The van der Waals surface area contributed by atoms with Crippen LogP contribution in [0.4, 0.5) is 0 Å². The Morgan fingerprint density at radius 1 is 1.33 bits per heavy atom. The molecule has 5 nitrogen and oxygen atoms in total. The van der Waals surface area contributed by atoms with E-state index in [1.807, 2.05) is 0 Å². The molecule has 0 saturated heterocycles. The van der Waals surface area contributed by atoms with E-state index < -0.39 is 5.91 Å². The molecule has 0 bridgehead atoms. The van der Waals surface area contributed by atoms with Crippen LogP contribution in [0.5, 0.6) is 0 Å². The van der Waals surface area contributed by atoms with Crippen molar-refractivity contribution >= 4 is 52.7 Å². The van der Waals surface area contributed by atoms with Crippen molar-refractivity contribution in [2.45, 2.75) is 0 Å². The van der Waals surface area contributed by atoms with Gasteiger partial charge in [-0.3, -0.25) is 14.8 Å². The third-order valence-electron chi connectivity index (χ3n) is 2.39. The number of nitrogens with zero attached hydrogens (tertiary/aromatic N) is 1. The summed E-state index contributed by atoms with van der Waals surface area (Å²) in [6, 6.07) is 4.83. The lowest BCUT2D eigenvalue weighted by molar-refractivity contribution is -0.159. The Labute approximate surface area is 137 Å². The lowest BCUT2D eigenvalue weighted by atomic mass is 10.2. The van der Waals surface area contributed by atoms with Crippen molar-refractivity contribution < 1.29 is 14.8 Å². The Bertz CT molecular complexity index is 549. The molecule has 0 atom stereocenters. The molecule has 0 saturated carbocycles. The molecule has 0 radical (unpaired) electrons. The monoisotopic (exact) mass is 350 g/mol. The van der Waals surface area contributed by atoms with Crippen molar-refractivity contribution in [1.82, 2.24) is 10.4 Å². The molecule has 114 valence electrons. The van der Waals surface area contributed by atoms with Crippen LogP contribution in [0.25, 0.3) is 6.08 Å². The van der Waals surface area contributed by atoms with Gasteiger partial charge in [0.1, 0.15) is 5.88 Å². The van der Waals surface area contributed by atoms with Crippen LogP contribution in [0.1, 0.15) is 5.56 Å². The van der Waals surface area contributed by atoms with Crippen molar-refractivity contribution in [3.05, 3.63) is 39.9 Å². The van der Waals surface area contributed by atoms with Crippen molar-refractivity contribution in [3.8, 4) is 0 Å². The lowest BCUT2D eigenvalue weighted by Gasteiger charge is -2.12. The Kier molecular flexibility index (Phi) is 7.53. The summed E-state index contributed by atoms with van der Waals surface area (Å²) in [6.07, 6.45) is 2.63. The Hall–Kier alpha value is -1.27. The fraction of sp³-hybridized carbons (Fsp3) is 0.231. The van der Waals surface area contributed by atoms with E-state index in [2.05, 4.69) is 5.32 Å². The van der Waals surface area contributed by atoms with Gasteiger partial charge >= 0.3 is 0 Å². The molecule has 1 aromatic carbocycles. The number of carbonyl (C=O) groups excluding carboxylic acids is 2. The molecule has 8 heteroatoms. The smallest absolute Gasteiger partial charge is 0.270 e. The fourth-order valence-corrected chi connectivity index (χ4v) is 1.91. The fourth-order valence-electron chi connectivity index (χ4n) is 1.34. The predicted octanol–water partition coefficient (Wildman–Crippen LogP) is 2.58. The van der Waals surface area contributed by atoms with Gasteiger partial charge in [0.05, 0.1) is 6.54 Å². The topological polar surface area (TPSA) is 69.6 Å². The summed E-state index contributed by atoms with van der Waals surface area (Å²) in [6.45, 7) is 0.0451. The van der Waals surface area contributed by atoms with Crippen LogP contribution in [0.2, 0.25) is 10.0 Å². The number of alkyl halides is 1. The number of nitrogens with one attached hydrogen (secondary N) is 1. The van der Waals surface area contributed by atoms with Crippen LogP contribution in [0.15, 0.2) is 24.3 Å². The summed E-state index contributed by atoms with van der Waals surface area (Å²) in [4.78, 5) is 22.5. The molecule has 0 spiro atoms. The standard InChI is InChI=1S/C13H13Cl3N2O3/c14-8-12(19)17-5-6-18(21)13(20)4-2-9-1-3-10(15)7-11(9)16/h1-4,7,21H,5-6,8H2,(H,17,19)/b4-2+. The second-order valence-corrected chi connectivity index (χ2v) is 5.06. The van der Waals surface area contributed by atoms with E-state index in [0.717, 1.165) is 0 Å². The molecule has 0 unspecified atom stereocenters. The molecular formula is C13H13Cl3N2O3. The molecule has 0 fully saturated rings. The quantitative estimate of drug-likeness (QED) is 0.358. The Morgan fingerprint density at radius 2 is 2.05 bits per heavy atom. The van der Waals surface area contributed by atoms with Crippen LogP contribution in [0, 0.1) is 0 Å². The van der Waals surface area contributed by atoms with Crippen molar-refractivity contribution in [2.24, 2.45) is 0 Å². The summed E-state index contributed by atoms with van der Waals surface area (Å²) >= 11 is 17.0. The average Bonchev–Trinajstić information content (AvgIpc) is 2.45. The molecule has 21 heavy (non-hydrogen) atoms. The largest absolute Gasteiger partial charge is 0.353 e. The third kappa shape index (κ3) is 6.35. The zero-order valence-corrected chi connectivity index (χ0v) is 13.1. The van der Waals surface area contributed by atoms with Crippen LogP contribution in [0.3, 0.4) is 0 Å². The van der Waals surface area contributed by atoms with Gasteiger partial charge in [-0.25, -0.2) is 5.06 Å². The first kappa shape index (κ1) is 17.8. The lowest BCUT2D eigenvalue weighted by Crippen LogP contribution is -2.36. The summed E-state index contributed by atoms with van der Waals surface area (Å²) in [5, 5.41) is 13.3. The molecule has 0 heterocycles. The van der Waals surface area contributed by atoms with Crippen LogP contribution in [-0.4, -0.2) is 41.1 Å². The molecule has 0 aliphatic heterocycles. The first-order valence-corrected chi connectivity index (χ1v) is 7.19. The van der Waals surface area contributed by atoms with Crippen LogP contribution >= 0.6 is 34.8 Å². The van der Waals surface area contributed by atoms with Gasteiger partial charge in [-0.15, -0.1) is 11.6 Å². The average molecular weight is 352 g/mol. The molecule has 2 N–H and O–H groups in total. The third-order valence-corrected chi connectivity index (χ3v) is 3.19. The predicted molar refractivity (Wildman–Crippen MR) is 82.7 cm³/mol. The highest BCUT2D eigenvalue weighted by Crippen LogP contribution is 2.21. The number of rotatable bonds is 6. The number of halogens is 3. The van der Waals surface area contributed by atoms with E-state index in [-0.39, 0.29) is 24.9 Å². The zero-order valence-electron chi connectivity index (χ0n) is 10.9. The van der Waals surface area contributed by atoms with E-state index in [9.17, 15) is 14.8 Å². The second-order valence-electron chi connectivity index (χ2n) is 3.94. The molecule has 1 rings (SSSR count). The first-order chi connectivity index (χ1) is 9.93. The highest BCUT2D eigenvalue weighted by Gasteiger charge is 2.08. The molecule has 0 aromatic heterocycles. The van der Waals surface area contributed by atoms with E-state index >= 15 is 0 Å². The molecule has 2 amide bonds. The van der Waals surface area contributed by atoms with E-state index in [4.69, 9.17) is 34.8 Å². The van der Waals surface area contributed by atoms with E-state index in [1.165, 1.54) is 12.2 Å². The number of hydrogen-bond donors (Lipinski definition) is 2. The van der Waals surface area contributed by atoms with Gasteiger partial charge in [-0.2, -0.15) is 0 Å². The second kappa shape index (κ2) is 8.89. The maximum Gasteiger partial charge on any atom is 0.270 e. The maximum atomic E-state index is 11.6. The van der Waals surface area contributed by atoms with Crippen LogP contribution in [-0.2, 0) is 9.59 Å². The number of carbonyl (C=O) groups is 2. The highest BCUT2D eigenvalue weighted by atomic mass is 35.5. The summed E-state index contributed by atoms with van der Waals surface area (Å²) < 4.78 is 0.